The van der Waals surface area contributed by atoms with Gasteiger partial charge in [0.1, 0.15) is 30.5 Å². The van der Waals surface area contributed by atoms with Crippen LogP contribution in [0.15, 0.2) is 64.0 Å². The van der Waals surface area contributed by atoms with E-state index in [9.17, 15) is 4.79 Å². The van der Waals surface area contributed by atoms with Gasteiger partial charge >= 0.3 is 0 Å². The van der Waals surface area contributed by atoms with Crippen LogP contribution in [0.25, 0.3) is 11.0 Å². The van der Waals surface area contributed by atoms with Crippen LogP contribution in [0.2, 0.25) is 0 Å². The Morgan fingerprint density at radius 1 is 1.13 bits per heavy atom. The van der Waals surface area contributed by atoms with Crippen LogP contribution in [0.3, 0.4) is 0 Å². The monoisotopic (exact) mass is 418 g/mol. The van der Waals surface area contributed by atoms with Crippen LogP contribution in [0, 0.1) is 6.92 Å². The second kappa shape index (κ2) is 8.41. The quantitative estimate of drug-likeness (QED) is 0.523. The first kappa shape index (κ1) is 19.6. The first-order valence-corrected chi connectivity index (χ1v) is 10.4. The van der Waals surface area contributed by atoms with Crippen molar-refractivity contribution in [1.82, 2.24) is 20.2 Å². The van der Waals surface area contributed by atoms with Crippen LogP contribution in [0.5, 0.6) is 0 Å². The van der Waals surface area contributed by atoms with Crippen molar-refractivity contribution in [1.29, 1.82) is 0 Å². The van der Waals surface area contributed by atoms with Crippen molar-refractivity contribution in [2.45, 2.75) is 19.5 Å². The molecule has 31 heavy (non-hydrogen) atoms. The lowest BCUT2D eigenvalue weighted by Gasteiger charge is -2.30. The molecule has 1 N–H and O–H groups in total. The van der Waals surface area contributed by atoms with Gasteiger partial charge in [0, 0.05) is 0 Å². The molecule has 1 atom stereocenters. The molecule has 1 aliphatic heterocycles. The Hall–Kier alpha value is -3.36. The number of morpholine rings is 1. The van der Waals surface area contributed by atoms with Crippen molar-refractivity contribution < 1.29 is 14.1 Å². The van der Waals surface area contributed by atoms with Gasteiger partial charge in [0.2, 0.25) is 11.3 Å². The molecule has 8 nitrogen and oxygen atoms in total. The minimum absolute atomic E-state index is 0.0387. The van der Waals surface area contributed by atoms with Crippen LogP contribution in [-0.4, -0.2) is 46.5 Å². The molecule has 0 amide bonds. The highest BCUT2D eigenvalue weighted by Crippen LogP contribution is 2.20. The molecule has 0 saturated carbocycles. The highest BCUT2D eigenvalue weighted by molar-refractivity contribution is 5.77. The van der Waals surface area contributed by atoms with Gasteiger partial charge in [-0.2, -0.15) is 0 Å². The first-order valence-electron chi connectivity index (χ1n) is 10.4. The van der Waals surface area contributed by atoms with Crippen LogP contribution in [0.4, 0.5) is 0 Å². The molecule has 8 heteroatoms. The second-order valence-corrected chi connectivity index (χ2v) is 7.90. The Labute approximate surface area is 179 Å². The van der Waals surface area contributed by atoms with Crippen molar-refractivity contribution in [2.75, 3.05) is 26.3 Å². The molecular formula is C23H24N5O3+. The number of nitrogens with one attached hydrogen (secondary N) is 1. The number of nitrogens with zero attached hydrogens (tertiary/aromatic N) is 4. The molecule has 0 aliphatic carbocycles. The molecule has 0 unspecified atom stereocenters. The predicted octanol–water partition coefficient (Wildman–Crippen LogP) is 1.14. The third kappa shape index (κ3) is 3.87. The molecule has 2 aromatic heterocycles. The summed E-state index contributed by atoms with van der Waals surface area (Å²) in [5.41, 5.74) is 3.22. The highest BCUT2D eigenvalue weighted by atomic mass is 16.5. The van der Waals surface area contributed by atoms with E-state index in [-0.39, 0.29) is 11.5 Å². The van der Waals surface area contributed by atoms with Gasteiger partial charge in [-0.05, 0) is 35.0 Å². The van der Waals surface area contributed by atoms with Crippen molar-refractivity contribution in [3.63, 3.8) is 0 Å². The zero-order valence-electron chi connectivity index (χ0n) is 17.3. The SMILES string of the molecule is Cc1ccc2occ([C@@H](c3nnnn3Cc3ccccc3)[NH+]3CCOCC3)c(=O)c2c1. The molecule has 1 fully saturated rings. The average molecular weight is 418 g/mol. The molecule has 0 radical (unpaired) electrons. The Balaban J connectivity index is 1.63. The molecule has 4 aromatic rings. The van der Waals surface area contributed by atoms with Gasteiger partial charge in [0.15, 0.2) is 6.04 Å². The van der Waals surface area contributed by atoms with E-state index in [1.165, 1.54) is 4.90 Å². The van der Waals surface area contributed by atoms with E-state index in [0.717, 1.165) is 24.2 Å². The second-order valence-electron chi connectivity index (χ2n) is 7.90. The maximum atomic E-state index is 13.5. The van der Waals surface area contributed by atoms with Crippen molar-refractivity contribution in [2.24, 2.45) is 0 Å². The molecule has 2 aromatic carbocycles. The van der Waals surface area contributed by atoms with Gasteiger partial charge in [-0.1, -0.05) is 42.0 Å². The highest BCUT2D eigenvalue weighted by Gasteiger charge is 2.35. The van der Waals surface area contributed by atoms with E-state index in [0.29, 0.717) is 42.1 Å². The van der Waals surface area contributed by atoms with E-state index in [4.69, 9.17) is 9.15 Å². The van der Waals surface area contributed by atoms with Crippen LogP contribution in [0.1, 0.15) is 28.6 Å². The summed E-state index contributed by atoms with van der Waals surface area (Å²) in [5.74, 6) is 0.653. The Morgan fingerprint density at radius 3 is 2.74 bits per heavy atom. The summed E-state index contributed by atoms with van der Waals surface area (Å²) in [6.07, 6.45) is 1.58. The lowest BCUT2D eigenvalue weighted by atomic mass is 10.0. The maximum absolute atomic E-state index is 13.5. The van der Waals surface area contributed by atoms with Gasteiger partial charge < -0.3 is 14.1 Å². The third-order valence-electron chi connectivity index (χ3n) is 5.80. The number of benzene rings is 2. The lowest BCUT2D eigenvalue weighted by molar-refractivity contribution is -0.934. The van der Waals surface area contributed by atoms with E-state index in [1.807, 2.05) is 55.5 Å². The van der Waals surface area contributed by atoms with Gasteiger partial charge in [0.25, 0.3) is 0 Å². The maximum Gasteiger partial charge on any atom is 0.214 e. The molecule has 1 saturated heterocycles. The van der Waals surface area contributed by atoms with Gasteiger partial charge in [-0.25, -0.2) is 4.68 Å². The summed E-state index contributed by atoms with van der Waals surface area (Å²) in [5, 5.41) is 13.1. The van der Waals surface area contributed by atoms with E-state index < -0.39 is 0 Å². The topological polar surface area (TPSA) is 87.5 Å². The van der Waals surface area contributed by atoms with E-state index >= 15 is 0 Å². The zero-order valence-corrected chi connectivity index (χ0v) is 17.3. The fourth-order valence-electron chi connectivity index (χ4n) is 4.21. The largest absolute Gasteiger partial charge is 0.464 e. The number of rotatable bonds is 5. The molecule has 0 bridgehead atoms. The molecular weight excluding hydrogens is 394 g/mol. The van der Waals surface area contributed by atoms with Crippen molar-refractivity contribution >= 4 is 11.0 Å². The smallest absolute Gasteiger partial charge is 0.214 e. The van der Waals surface area contributed by atoms with E-state index in [2.05, 4.69) is 15.5 Å². The fourth-order valence-corrected chi connectivity index (χ4v) is 4.21. The summed E-state index contributed by atoms with van der Waals surface area (Å²) >= 11 is 0. The minimum Gasteiger partial charge on any atom is -0.464 e. The van der Waals surface area contributed by atoms with Crippen LogP contribution < -0.4 is 10.3 Å². The summed E-state index contributed by atoms with van der Waals surface area (Å²) < 4.78 is 13.2. The number of fused-ring (bicyclic) bond motifs is 1. The number of hydrogen-bond donors (Lipinski definition) is 1. The number of aromatic nitrogens is 4. The average Bonchev–Trinajstić information content (AvgIpc) is 3.25. The van der Waals surface area contributed by atoms with Gasteiger partial charge in [0.05, 0.1) is 25.1 Å². The molecule has 5 rings (SSSR count). The predicted molar refractivity (Wildman–Crippen MR) is 114 cm³/mol. The minimum atomic E-state index is -0.344. The Bertz CT molecular complexity index is 1250. The summed E-state index contributed by atoms with van der Waals surface area (Å²) in [6, 6.07) is 15.3. The molecule has 158 valence electrons. The van der Waals surface area contributed by atoms with Gasteiger partial charge in [-0.15, -0.1) is 5.10 Å². The number of tetrazole rings is 1. The number of ether oxygens (including phenoxy) is 1. The van der Waals surface area contributed by atoms with Crippen LogP contribution >= 0.6 is 0 Å². The summed E-state index contributed by atoms with van der Waals surface area (Å²) in [4.78, 5) is 14.7. The van der Waals surface area contributed by atoms with Crippen molar-refractivity contribution in [3.8, 4) is 0 Å². The number of hydrogen-bond acceptors (Lipinski definition) is 6. The molecule has 0 spiro atoms. The first-order chi connectivity index (χ1) is 15.2. The van der Waals surface area contributed by atoms with Gasteiger partial charge in [-0.3, -0.25) is 4.79 Å². The third-order valence-corrected chi connectivity index (χ3v) is 5.80. The van der Waals surface area contributed by atoms with Crippen molar-refractivity contribution in [3.05, 3.63) is 87.5 Å². The van der Waals surface area contributed by atoms with Crippen LogP contribution in [-0.2, 0) is 11.3 Å². The van der Waals surface area contributed by atoms with E-state index in [1.54, 1.807) is 10.9 Å². The Kier molecular flexibility index (Phi) is 5.31. The summed E-state index contributed by atoms with van der Waals surface area (Å²) in [7, 11) is 0. The fraction of sp³-hybridized carbons (Fsp3) is 0.304. The normalized spacial score (nSPS) is 15.9. The summed E-state index contributed by atoms with van der Waals surface area (Å²) in [6.45, 7) is 5.27. The Morgan fingerprint density at radius 2 is 1.94 bits per heavy atom. The standard InChI is InChI=1S/C23H23N5O3/c1-16-7-8-20-18(13-16)22(29)19(15-31-20)21(27-9-11-30-12-10-27)23-24-25-26-28(23)14-17-5-3-2-4-6-17/h2-8,13,15,21H,9-12,14H2,1H3/p+1/t21-/m0/s1. The zero-order chi connectivity index (χ0) is 21.2. The molecule has 1 aliphatic rings. The molecule has 3 heterocycles. The number of aryl methyl sites for hydroxylation is 1. The number of quaternary nitrogens is 1. The lowest BCUT2D eigenvalue weighted by Crippen LogP contribution is -3.14.